The minimum atomic E-state index is -0.795. The Balaban J connectivity index is 2.30. The van der Waals surface area contributed by atoms with E-state index in [2.05, 4.69) is 9.97 Å². The summed E-state index contributed by atoms with van der Waals surface area (Å²) in [6, 6.07) is 9.54. The van der Waals surface area contributed by atoms with Crippen LogP contribution in [0.15, 0.2) is 46.0 Å². The van der Waals surface area contributed by atoms with Gasteiger partial charge in [0.05, 0.1) is 12.2 Å². The Labute approximate surface area is 161 Å². The number of ether oxygens (including phenoxy) is 1. The van der Waals surface area contributed by atoms with Crippen molar-refractivity contribution in [3.8, 4) is 17.2 Å². The molecule has 0 aliphatic heterocycles. The van der Waals surface area contributed by atoms with Crippen LogP contribution in [-0.4, -0.2) is 26.8 Å². The molecular weight excluding hydrogens is 360 g/mol. The van der Waals surface area contributed by atoms with Crippen LogP contribution in [-0.2, 0) is 0 Å². The molecule has 1 aromatic carbocycles. The van der Waals surface area contributed by atoms with Gasteiger partial charge in [0.25, 0.3) is 11.1 Å². The highest BCUT2D eigenvalue weighted by atomic mass is 16.5. The third kappa shape index (κ3) is 3.64. The molecular formula is C21H22N2O5. The lowest BCUT2D eigenvalue weighted by molar-refractivity contribution is 0.340. The van der Waals surface area contributed by atoms with Crippen molar-refractivity contribution >= 4 is 0 Å². The Kier molecular flexibility index (Phi) is 5.26. The SMILES string of the molecule is CCOc1ccc(C(c2c(O)cc(=O)[nH]c2C)c2c(O)cc(C)[nH]c2=O)cc1. The predicted molar refractivity (Wildman–Crippen MR) is 105 cm³/mol. The number of aromatic hydroxyl groups is 2. The molecule has 1 unspecified atom stereocenters. The molecule has 7 nitrogen and oxygen atoms in total. The fourth-order valence-electron chi connectivity index (χ4n) is 3.41. The second kappa shape index (κ2) is 7.64. The van der Waals surface area contributed by atoms with Crippen LogP contribution in [0.4, 0.5) is 0 Å². The Hall–Kier alpha value is -3.48. The molecule has 28 heavy (non-hydrogen) atoms. The summed E-state index contributed by atoms with van der Waals surface area (Å²) >= 11 is 0. The van der Waals surface area contributed by atoms with Gasteiger partial charge in [0.1, 0.15) is 17.2 Å². The molecule has 0 saturated carbocycles. The van der Waals surface area contributed by atoms with Gasteiger partial charge in [-0.2, -0.15) is 0 Å². The molecule has 0 aliphatic carbocycles. The summed E-state index contributed by atoms with van der Waals surface area (Å²) < 4.78 is 5.46. The maximum absolute atomic E-state index is 12.7. The number of hydrogen-bond acceptors (Lipinski definition) is 5. The van der Waals surface area contributed by atoms with E-state index in [9.17, 15) is 19.8 Å². The molecule has 0 aliphatic rings. The highest BCUT2D eigenvalue weighted by Crippen LogP contribution is 2.39. The van der Waals surface area contributed by atoms with Crippen LogP contribution in [0.25, 0.3) is 0 Å². The Morgan fingerprint density at radius 2 is 1.61 bits per heavy atom. The lowest BCUT2D eigenvalue weighted by Gasteiger charge is -2.22. The van der Waals surface area contributed by atoms with Gasteiger partial charge >= 0.3 is 0 Å². The van der Waals surface area contributed by atoms with Gasteiger partial charge in [-0.05, 0) is 44.5 Å². The average Bonchev–Trinajstić information content (AvgIpc) is 2.60. The van der Waals surface area contributed by atoms with E-state index < -0.39 is 17.0 Å². The van der Waals surface area contributed by atoms with Gasteiger partial charge in [0, 0.05) is 28.9 Å². The zero-order valence-electron chi connectivity index (χ0n) is 15.9. The number of aromatic amines is 2. The Morgan fingerprint density at radius 3 is 2.18 bits per heavy atom. The molecule has 4 N–H and O–H groups in total. The zero-order chi connectivity index (χ0) is 20.4. The first kappa shape index (κ1) is 19.3. The van der Waals surface area contributed by atoms with E-state index in [1.165, 1.54) is 6.07 Å². The number of pyridine rings is 2. The Bertz CT molecular complexity index is 1090. The number of hydrogen-bond donors (Lipinski definition) is 4. The molecule has 3 aromatic rings. The summed E-state index contributed by atoms with van der Waals surface area (Å²) in [4.78, 5) is 29.8. The van der Waals surface area contributed by atoms with Crippen LogP contribution in [0, 0.1) is 13.8 Å². The van der Waals surface area contributed by atoms with Crippen LogP contribution >= 0.6 is 0 Å². The predicted octanol–water partition coefficient (Wildman–Crippen LogP) is 2.67. The molecule has 2 aromatic heterocycles. The molecule has 0 saturated heterocycles. The molecule has 7 heteroatoms. The number of H-pyrrole nitrogens is 2. The molecule has 0 spiro atoms. The van der Waals surface area contributed by atoms with Gasteiger partial charge in [-0.15, -0.1) is 0 Å². The van der Waals surface area contributed by atoms with Crippen molar-refractivity contribution in [2.24, 2.45) is 0 Å². The largest absolute Gasteiger partial charge is 0.507 e. The molecule has 0 fully saturated rings. The van der Waals surface area contributed by atoms with Crippen LogP contribution in [0.3, 0.4) is 0 Å². The van der Waals surface area contributed by atoms with Gasteiger partial charge < -0.3 is 24.9 Å². The van der Waals surface area contributed by atoms with Gasteiger partial charge in [-0.25, -0.2) is 0 Å². The summed E-state index contributed by atoms with van der Waals surface area (Å²) in [7, 11) is 0. The highest BCUT2D eigenvalue weighted by Gasteiger charge is 2.28. The second-order valence-electron chi connectivity index (χ2n) is 6.57. The minimum Gasteiger partial charge on any atom is -0.507 e. The van der Waals surface area contributed by atoms with Crippen LogP contribution in [0.2, 0.25) is 0 Å². The van der Waals surface area contributed by atoms with Crippen molar-refractivity contribution in [3.05, 3.63) is 85.2 Å². The molecule has 2 heterocycles. The maximum Gasteiger partial charge on any atom is 0.256 e. The first-order valence-electron chi connectivity index (χ1n) is 8.90. The van der Waals surface area contributed by atoms with Crippen LogP contribution < -0.4 is 15.9 Å². The van der Waals surface area contributed by atoms with Crippen molar-refractivity contribution in [2.75, 3.05) is 6.61 Å². The topological polar surface area (TPSA) is 115 Å². The lowest BCUT2D eigenvalue weighted by atomic mass is 9.84. The number of nitrogens with one attached hydrogen (secondary N) is 2. The van der Waals surface area contributed by atoms with Crippen molar-refractivity contribution in [3.63, 3.8) is 0 Å². The first-order chi connectivity index (χ1) is 13.3. The number of aryl methyl sites for hydroxylation is 2. The highest BCUT2D eigenvalue weighted by molar-refractivity contribution is 5.53. The standard InChI is InChI=1S/C21H22N2O5/c1-4-28-14-7-5-13(6-8-14)19(18-12(3)23-17(26)10-16(18)25)20-15(24)9-11(2)22-21(20)27/h5-10,19H,4H2,1-3H3,(H2,22,24,27)(H2,23,25,26). The van der Waals surface area contributed by atoms with Gasteiger partial charge in [0.2, 0.25) is 0 Å². The summed E-state index contributed by atoms with van der Waals surface area (Å²) in [6.45, 7) is 5.69. The fourth-order valence-corrected chi connectivity index (χ4v) is 3.41. The van der Waals surface area contributed by atoms with E-state index in [1.807, 2.05) is 6.92 Å². The monoisotopic (exact) mass is 382 g/mol. The van der Waals surface area contributed by atoms with Gasteiger partial charge in [-0.3, -0.25) is 9.59 Å². The summed E-state index contributed by atoms with van der Waals surface area (Å²) in [5, 5.41) is 21.0. The average molecular weight is 382 g/mol. The van der Waals surface area contributed by atoms with Gasteiger partial charge in [0.15, 0.2) is 0 Å². The fraction of sp³-hybridized carbons (Fsp3) is 0.238. The third-order valence-electron chi connectivity index (χ3n) is 4.54. The third-order valence-corrected chi connectivity index (χ3v) is 4.54. The molecule has 3 rings (SSSR count). The molecule has 0 radical (unpaired) electrons. The van der Waals surface area contributed by atoms with E-state index in [-0.39, 0.29) is 17.1 Å². The molecule has 146 valence electrons. The van der Waals surface area contributed by atoms with E-state index in [0.29, 0.717) is 34.9 Å². The molecule has 0 amide bonds. The number of aromatic nitrogens is 2. The first-order valence-corrected chi connectivity index (χ1v) is 8.90. The summed E-state index contributed by atoms with van der Waals surface area (Å²) in [5.74, 6) is -0.573. The van der Waals surface area contributed by atoms with Crippen molar-refractivity contribution < 1.29 is 14.9 Å². The van der Waals surface area contributed by atoms with Crippen LogP contribution in [0.1, 0.15) is 40.9 Å². The minimum absolute atomic E-state index is 0.0835. The van der Waals surface area contributed by atoms with Crippen molar-refractivity contribution in [1.82, 2.24) is 9.97 Å². The van der Waals surface area contributed by atoms with E-state index >= 15 is 0 Å². The lowest BCUT2D eigenvalue weighted by Crippen LogP contribution is -2.21. The normalized spacial score (nSPS) is 12.0. The summed E-state index contributed by atoms with van der Waals surface area (Å²) in [5.41, 5.74) is 1.07. The van der Waals surface area contributed by atoms with E-state index in [0.717, 1.165) is 6.07 Å². The molecule has 0 bridgehead atoms. The Morgan fingerprint density at radius 1 is 0.964 bits per heavy atom. The van der Waals surface area contributed by atoms with Gasteiger partial charge in [-0.1, -0.05) is 12.1 Å². The van der Waals surface area contributed by atoms with Crippen molar-refractivity contribution in [1.29, 1.82) is 0 Å². The smallest absolute Gasteiger partial charge is 0.256 e. The van der Waals surface area contributed by atoms with E-state index in [4.69, 9.17) is 4.74 Å². The van der Waals surface area contributed by atoms with Crippen molar-refractivity contribution in [2.45, 2.75) is 26.7 Å². The zero-order valence-corrected chi connectivity index (χ0v) is 15.9. The quantitative estimate of drug-likeness (QED) is 0.541. The number of rotatable bonds is 5. The number of benzene rings is 1. The maximum atomic E-state index is 12.7. The molecule has 1 atom stereocenters. The van der Waals surface area contributed by atoms with E-state index in [1.54, 1.807) is 38.1 Å². The van der Waals surface area contributed by atoms with Crippen LogP contribution in [0.5, 0.6) is 17.2 Å². The second-order valence-corrected chi connectivity index (χ2v) is 6.57. The summed E-state index contributed by atoms with van der Waals surface area (Å²) in [6.07, 6.45) is 0.